The number of anilines is 1. The molecule has 0 aliphatic rings. The van der Waals surface area contributed by atoms with Gasteiger partial charge >= 0.3 is 0 Å². The van der Waals surface area contributed by atoms with E-state index in [1.165, 1.54) is 0 Å². The summed E-state index contributed by atoms with van der Waals surface area (Å²) in [5.74, 6) is -0.177. The number of nitrogens with one attached hydrogen (secondary N) is 3. The van der Waals surface area contributed by atoms with E-state index in [9.17, 15) is 4.79 Å². The van der Waals surface area contributed by atoms with Crippen molar-refractivity contribution in [3.63, 3.8) is 0 Å². The summed E-state index contributed by atoms with van der Waals surface area (Å²) in [5, 5.41) is 12.3. The molecule has 35 heavy (non-hydrogen) atoms. The maximum atomic E-state index is 12.1. The Balaban J connectivity index is 1.41. The van der Waals surface area contributed by atoms with Gasteiger partial charge in [0.2, 0.25) is 5.91 Å². The van der Waals surface area contributed by atoms with Crippen molar-refractivity contribution < 1.29 is 9.21 Å². The molecule has 0 saturated carbocycles. The van der Waals surface area contributed by atoms with E-state index < -0.39 is 0 Å². The molecule has 0 spiro atoms. The maximum absolute atomic E-state index is 12.1. The number of fused-ring (bicyclic) bond motifs is 2. The van der Waals surface area contributed by atoms with Crippen molar-refractivity contribution in [2.24, 2.45) is 5.92 Å². The first-order chi connectivity index (χ1) is 17.1. The van der Waals surface area contributed by atoms with E-state index in [0.29, 0.717) is 11.3 Å². The number of furan rings is 1. The Hall–Kier alpha value is -4.79. The van der Waals surface area contributed by atoms with Crippen LogP contribution in [-0.4, -0.2) is 36.0 Å². The summed E-state index contributed by atoms with van der Waals surface area (Å²) in [4.78, 5) is 28.7. The first-order valence-corrected chi connectivity index (χ1v) is 11.2. The number of hydrogen-bond acceptors (Lipinski definition) is 6. The van der Waals surface area contributed by atoms with Crippen LogP contribution in [-0.2, 0) is 4.79 Å². The fourth-order valence-electron chi connectivity index (χ4n) is 4.05. The molecule has 6 aromatic rings. The summed E-state index contributed by atoms with van der Waals surface area (Å²) in [5.41, 5.74) is 7.49. The lowest BCUT2D eigenvalue weighted by atomic mass is 10.1. The Morgan fingerprint density at radius 1 is 0.971 bits per heavy atom. The van der Waals surface area contributed by atoms with E-state index in [-0.39, 0.29) is 11.8 Å². The molecular weight excluding hydrogens is 442 g/mol. The number of carbonyl (C=O) groups excluding carboxylic acids is 1. The minimum absolute atomic E-state index is 0.0576. The average Bonchev–Trinajstić information content (AvgIpc) is 3.62. The summed E-state index contributed by atoms with van der Waals surface area (Å²) in [6.07, 6.45) is 12.1. The topological polar surface area (TPSA) is 125 Å². The minimum atomic E-state index is -0.120. The van der Waals surface area contributed by atoms with Gasteiger partial charge in [-0.15, -0.1) is 0 Å². The normalized spacial score (nSPS) is 11.5. The van der Waals surface area contributed by atoms with Crippen LogP contribution in [0.1, 0.15) is 13.8 Å². The molecule has 9 nitrogen and oxygen atoms in total. The number of nitrogens with zero attached hydrogens (tertiary/aromatic N) is 4. The number of H-pyrrole nitrogens is 2. The van der Waals surface area contributed by atoms with E-state index in [4.69, 9.17) is 4.42 Å². The highest BCUT2D eigenvalue weighted by atomic mass is 16.3. The molecule has 0 aliphatic carbocycles. The zero-order valence-corrected chi connectivity index (χ0v) is 19.0. The monoisotopic (exact) mass is 463 g/mol. The summed E-state index contributed by atoms with van der Waals surface area (Å²) in [6.45, 7) is 3.70. The van der Waals surface area contributed by atoms with Crippen LogP contribution >= 0.6 is 0 Å². The largest absolute Gasteiger partial charge is 0.472 e. The van der Waals surface area contributed by atoms with Gasteiger partial charge in [0.05, 0.1) is 47.5 Å². The highest BCUT2D eigenvalue weighted by Gasteiger charge is 2.16. The van der Waals surface area contributed by atoms with Gasteiger partial charge in [0.1, 0.15) is 0 Å². The summed E-state index contributed by atoms with van der Waals surface area (Å²) >= 11 is 0. The summed E-state index contributed by atoms with van der Waals surface area (Å²) in [7, 11) is 0. The Morgan fingerprint density at radius 2 is 1.83 bits per heavy atom. The predicted molar refractivity (Wildman–Crippen MR) is 133 cm³/mol. The lowest BCUT2D eigenvalue weighted by Crippen LogP contribution is -2.17. The van der Waals surface area contributed by atoms with Gasteiger partial charge < -0.3 is 14.7 Å². The first-order valence-electron chi connectivity index (χ1n) is 11.2. The molecule has 6 heterocycles. The smallest absolute Gasteiger partial charge is 0.226 e. The van der Waals surface area contributed by atoms with Crippen LogP contribution in [0, 0.1) is 5.92 Å². The Labute approximate surface area is 199 Å². The predicted octanol–water partition coefficient (Wildman–Crippen LogP) is 5.42. The highest BCUT2D eigenvalue weighted by Crippen LogP contribution is 2.34. The van der Waals surface area contributed by atoms with Crippen LogP contribution in [0.5, 0.6) is 0 Å². The van der Waals surface area contributed by atoms with Gasteiger partial charge in [0, 0.05) is 57.5 Å². The Bertz CT molecular complexity index is 1680. The van der Waals surface area contributed by atoms with Crippen LogP contribution in [0.2, 0.25) is 0 Å². The summed E-state index contributed by atoms with van der Waals surface area (Å²) in [6, 6.07) is 7.90. The molecule has 0 saturated heterocycles. The third-order valence-corrected chi connectivity index (χ3v) is 5.92. The molecule has 0 radical (unpaired) electrons. The minimum Gasteiger partial charge on any atom is -0.472 e. The van der Waals surface area contributed by atoms with E-state index in [1.807, 2.05) is 38.2 Å². The fraction of sp³-hybridized carbons (Fsp3) is 0.115. The van der Waals surface area contributed by atoms with Crippen LogP contribution in [0.3, 0.4) is 0 Å². The Kier molecular flexibility index (Phi) is 4.88. The number of aromatic nitrogens is 6. The molecule has 0 aromatic carbocycles. The average molecular weight is 464 g/mol. The van der Waals surface area contributed by atoms with Gasteiger partial charge in [-0.3, -0.25) is 19.9 Å². The number of amides is 1. The molecule has 1 amide bonds. The molecule has 9 heteroatoms. The van der Waals surface area contributed by atoms with Crippen molar-refractivity contribution in [1.29, 1.82) is 0 Å². The third kappa shape index (κ3) is 3.72. The number of hydrogen-bond donors (Lipinski definition) is 3. The van der Waals surface area contributed by atoms with E-state index in [1.54, 1.807) is 37.3 Å². The third-order valence-electron chi connectivity index (χ3n) is 5.92. The molecule has 0 unspecified atom stereocenters. The van der Waals surface area contributed by atoms with Crippen LogP contribution < -0.4 is 5.32 Å². The number of carbonyl (C=O) groups is 1. The second kappa shape index (κ2) is 8.21. The highest BCUT2D eigenvalue weighted by molar-refractivity contribution is 6.00. The van der Waals surface area contributed by atoms with Gasteiger partial charge in [-0.25, -0.2) is 4.98 Å². The fourth-order valence-corrected chi connectivity index (χ4v) is 4.05. The van der Waals surface area contributed by atoms with Gasteiger partial charge in [-0.1, -0.05) is 13.8 Å². The van der Waals surface area contributed by atoms with Gasteiger partial charge in [0.15, 0.2) is 5.65 Å². The quantitative estimate of drug-likeness (QED) is 0.314. The number of rotatable bonds is 5. The van der Waals surface area contributed by atoms with Gasteiger partial charge in [0.25, 0.3) is 0 Å². The molecule has 0 aliphatic heterocycles. The molecule has 6 aromatic heterocycles. The molecule has 6 rings (SSSR count). The molecule has 0 fully saturated rings. The van der Waals surface area contributed by atoms with Crippen molar-refractivity contribution >= 4 is 33.5 Å². The van der Waals surface area contributed by atoms with Crippen LogP contribution in [0.4, 0.5) is 5.69 Å². The molecule has 0 bridgehead atoms. The van der Waals surface area contributed by atoms with E-state index in [2.05, 4.69) is 41.5 Å². The van der Waals surface area contributed by atoms with Crippen molar-refractivity contribution in [3.8, 4) is 33.6 Å². The van der Waals surface area contributed by atoms with E-state index in [0.717, 1.165) is 49.9 Å². The second-order valence-corrected chi connectivity index (χ2v) is 8.64. The van der Waals surface area contributed by atoms with Gasteiger partial charge in [-0.05, 0) is 24.3 Å². The van der Waals surface area contributed by atoms with Crippen molar-refractivity contribution in [3.05, 3.63) is 67.8 Å². The lowest BCUT2D eigenvalue weighted by Gasteiger charge is -2.09. The maximum Gasteiger partial charge on any atom is 0.226 e. The van der Waals surface area contributed by atoms with Gasteiger partial charge in [-0.2, -0.15) is 5.10 Å². The molecular formula is C26H21N7O2. The van der Waals surface area contributed by atoms with Crippen LogP contribution in [0.25, 0.3) is 55.6 Å². The molecule has 0 atom stereocenters. The number of aromatic amines is 2. The zero-order chi connectivity index (χ0) is 23.9. The van der Waals surface area contributed by atoms with Crippen molar-refractivity contribution in [2.75, 3.05) is 5.32 Å². The first kappa shape index (κ1) is 20.8. The molecule has 3 N–H and O–H groups in total. The standard InChI is InChI=1S/C26H21N7O2/c1-14(2)26(34)30-18-5-16(8-27-10-18)17-6-20-24(32-33-25(20)29-9-17)22-7-19-21(15-3-4-35-13-15)11-28-12-23(19)31-22/h3-14,31H,1-2H3,(H,30,34)(H,29,32,33). The van der Waals surface area contributed by atoms with Crippen molar-refractivity contribution in [1.82, 2.24) is 30.1 Å². The van der Waals surface area contributed by atoms with Crippen LogP contribution in [0.15, 0.2) is 72.2 Å². The molecule has 172 valence electrons. The van der Waals surface area contributed by atoms with Crippen molar-refractivity contribution in [2.45, 2.75) is 13.8 Å². The lowest BCUT2D eigenvalue weighted by molar-refractivity contribution is -0.118. The second-order valence-electron chi connectivity index (χ2n) is 8.64. The number of pyridine rings is 3. The SMILES string of the molecule is CC(C)C(=O)Nc1cncc(-c2cnc3n[nH]c(-c4cc5c(-c6ccoc6)cncc5[nH]4)c3c2)c1. The van der Waals surface area contributed by atoms with E-state index >= 15 is 0 Å². The zero-order valence-electron chi connectivity index (χ0n) is 19.0. The Morgan fingerprint density at radius 3 is 2.66 bits per heavy atom. The summed E-state index contributed by atoms with van der Waals surface area (Å²) < 4.78 is 5.26.